The van der Waals surface area contributed by atoms with Crippen molar-refractivity contribution in [2.75, 3.05) is 14.2 Å². The van der Waals surface area contributed by atoms with Crippen LogP contribution in [0.25, 0.3) is 0 Å². The summed E-state index contributed by atoms with van der Waals surface area (Å²) in [6.45, 7) is 0.513. The fourth-order valence-corrected chi connectivity index (χ4v) is 3.77. The average molecular weight is 520 g/mol. The Balaban J connectivity index is 1.79. The van der Waals surface area contributed by atoms with Crippen LogP contribution in [0, 0.1) is 0 Å². The van der Waals surface area contributed by atoms with Crippen LogP contribution < -0.4 is 14.8 Å². The molecule has 1 N–H and O–H groups in total. The lowest BCUT2D eigenvalue weighted by Crippen LogP contribution is -2.41. The second kappa shape index (κ2) is 15.0. The molecule has 1 amide bonds. The summed E-state index contributed by atoms with van der Waals surface area (Å²) in [7, 11) is 2.59. The van der Waals surface area contributed by atoms with Gasteiger partial charge >= 0.3 is 11.9 Å². The molecule has 3 aromatic carbocycles. The highest BCUT2D eigenvalue weighted by Gasteiger charge is 2.25. The van der Waals surface area contributed by atoms with Crippen LogP contribution in [0.5, 0.6) is 11.5 Å². The van der Waals surface area contributed by atoms with Crippen LogP contribution in [0.4, 0.5) is 0 Å². The second-order valence-corrected chi connectivity index (χ2v) is 8.55. The Labute approximate surface area is 222 Å². The molecule has 8 nitrogen and oxygen atoms in total. The first-order valence-electron chi connectivity index (χ1n) is 12.4. The van der Waals surface area contributed by atoms with Crippen molar-refractivity contribution in [2.24, 2.45) is 0 Å². The molecular weight excluding hydrogens is 486 g/mol. The maximum atomic E-state index is 13.4. The molecule has 0 saturated heterocycles. The van der Waals surface area contributed by atoms with E-state index < -0.39 is 17.9 Å². The van der Waals surface area contributed by atoms with Gasteiger partial charge < -0.3 is 24.3 Å². The van der Waals surface area contributed by atoms with E-state index >= 15 is 0 Å². The summed E-state index contributed by atoms with van der Waals surface area (Å²) in [5.74, 6) is -0.707. The summed E-state index contributed by atoms with van der Waals surface area (Å²) in [6, 6.07) is 23.4. The van der Waals surface area contributed by atoms with Crippen molar-refractivity contribution >= 4 is 17.8 Å². The maximum Gasteiger partial charge on any atom is 0.328 e. The molecule has 0 unspecified atom stereocenters. The molecule has 1 atom stereocenters. The van der Waals surface area contributed by atoms with E-state index in [1.54, 1.807) is 18.2 Å². The third-order valence-electron chi connectivity index (χ3n) is 5.83. The van der Waals surface area contributed by atoms with Gasteiger partial charge in [0, 0.05) is 6.42 Å². The smallest absolute Gasteiger partial charge is 0.328 e. The van der Waals surface area contributed by atoms with E-state index in [4.69, 9.17) is 14.2 Å². The molecule has 0 saturated carbocycles. The fraction of sp³-hybridized carbons (Fsp3) is 0.300. The van der Waals surface area contributed by atoms with Gasteiger partial charge in [-0.25, -0.2) is 4.79 Å². The first-order chi connectivity index (χ1) is 18.5. The maximum absolute atomic E-state index is 13.4. The lowest BCUT2D eigenvalue weighted by molar-refractivity contribution is -0.143. The molecule has 0 bridgehead atoms. The van der Waals surface area contributed by atoms with Gasteiger partial charge in [0.1, 0.15) is 19.3 Å². The Hall–Kier alpha value is -4.33. The zero-order valence-electron chi connectivity index (χ0n) is 21.7. The number of carbonyl (C=O) groups is 3. The number of methoxy groups -OCH3 is 2. The Bertz CT molecular complexity index is 1180. The number of ether oxygens (including phenoxy) is 4. The molecule has 0 heterocycles. The van der Waals surface area contributed by atoms with E-state index in [9.17, 15) is 14.4 Å². The number of rotatable bonds is 14. The average Bonchev–Trinajstić information content (AvgIpc) is 2.96. The largest absolute Gasteiger partial charge is 0.485 e. The molecule has 0 spiro atoms. The molecule has 3 aromatic rings. The number of para-hydroxylation sites is 1. The van der Waals surface area contributed by atoms with Gasteiger partial charge in [0.15, 0.2) is 11.5 Å². The summed E-state index contributed by atoms with van der Waals surface area (Å²) in [5.41, 5.74) is 2.12. The van der Waals surface area contributed by atoms with Gasteiger partial charge in [-0.15, -0.1) is 0 Å². The van der Waals surface area contributed by atoms with Crippen LogP contribution in [-0.2, 0) is 32.3 Å². The SMILES string of the molecule is COC(=O)CCCC[C@@H](NC(=O)c1cccc(OCc2ccccc2)c1OCc1ccccc1)C(=O)OC. The van der Waals surface area contributed by atoms with E-state index in [-0.39, 0.29) is 30.3 Å². The number of hydrogen-bond acceptors (Lipinski definition) is 7. The van der Waals surface area contributed by atoms with Crippen molar-refractivity contribution in [3.8, 4) is 11.5 Å². The lowest BCUT2D eigenvalue weighted by atomic mass is 10.1. The zero-order valence-corrected chi connectivity index (χ0v) is 21.7. The minimum absolute atomic E-state index is 0.223. The van der Waals surface area contributed by atoms with Crippen molar-refractivity contribution in [3.05, 3.63) is 95.6 Å². The van der Waals surface area contributed by atoms with E-state index in [0.29, 0.717) is 31.6 Å². The summed E-state index contributed by atoms with van der Waals surface area (Å²) in [4.78, 5) is 37.2. The Morgan fingerprint density at radius 3 is 1.97 bits per heavy atom. The normalized spacial score (nSPS) is 11.2. The Morgan fingerprint density at radius 2 is 1.37 bits per heavy atom. The van der Waals surface area contributed by atoms with Gasteiger partial charge in [-0.1, -0.05) is 73.2 Å². The topological polar surface area (TPSA) is 100 Å². The van der Waals surface area contributed by atoms with Crippen LogP contribution in [0.2, 0.25) is 0 Å². The van der Waals surface area contributed by atoms with Crippen molar-refractivity contribution in [2.45, 2.75) is 44.9 Å². The summed E-state index contributed by atoms with van der Waals surface area (Å²) in [6.07, 6.45) is 1.58. The number of esters is 2. The van der Waals surface area contributed by atoms with E-state index in [2.05, 4.69) is 10.1 Å². The number of hydrogen-bond donors (Lipinski definition) is 1. The molecular formula is C30H33NO7. The predicted molar refractivity (Wildman–Crippen MR) is 142 cm³/mol. The summed E-state index contributed by atoms with van der Waals surface area (Å²) >= 11 is 0. The monoisotopic (exact) mass is 519 g/mol. The first kappa shape index (κ1) is 28.2. The van der Waals surface area contributed by atoms with Crippen LogP contribution in [0.3, 0.4) is 0 Å². The molecule has 0 fully saturated rings. The van der Waals surface area contributed by atoms with Crippen molar-refractivity contribution in [1.82, 2.24) is 5.32 Å². The highest BCUT2D eigenvalue weighted by atomic mass is 16.5. The molecule has 3 rings (SSSR count). The minimum Gasteiger partial charge on any atom is -0.485 e. The minimum atomic E-state index is -0.888. The molecule has 0 aromatic heterocycles. The van der Waals surface area contributed by atoms with Crippen LogP contribution in [0.1, 0.15) is 47.2 Å². The molecule has 38 heavy (non-hydrogen) atoms. The van der Waals surface area contributed by atoms with E-state index in [1.165, 1.54) is 14.2 Å². The van der Waals surface area contributed by atoms with E-state index in [0.717, 1.165) is 11.1 Å². The highest BCUT2D eigenvalue weighted by molar-refractivity contribution is 5.99. The van der Waals surface area contributed by atoms with Crippen LogP contribution >= 0.6 is 0 Å². The van der Waals surface area contributed by atoms with Gasteiger partial charge in [0.2, 0.25) is 0 Å². The Kier molecular flexibility index (Phi) is 11.2. The van der Waals surface area contributed by atoms with Gasteiger partial charge in [-0.3, -0.25) is 9.59 Å². The molecule has 0 aliphatic heterocycles. The van der Waals surface area contributed by atoms with Crippen LogP contribution in [0.15, 0.2) is 78.9 Å². The number of benzene rings is 3. The van der Waals surface area contributed by atoms with Crippen molar-refractivity contribution in [1.29, 1.82) is 0 Å². The first-order valence-corrected chi connectivity index (χ1v) is 12.4. The summed E-state index contributed by atoms with van der Waals surface area (Å²) in [5, 5.41) is 2.76. The van der Waals surface area contributed by atoms with Gasteiger partial charge in [-0.2, -0.15) is 0 Å². The standard InChI is InChI=1S/C30H33NO7/c1-35-27(32)19-10-9-17-25(30(34)36-2)31-29(33)24-16-11-18-26(37-20-22-12-5-3-6-13-22)28(24)38-21-23-14-7-4-8-15-23/h3-8,11-16,18,25H,9-10,17,19-21H2,1-2H3,(H,31,33)/t25-/m1/s1. The zero-order chi connectivity index (χ0) is 27.2. The number of amides is 1. The molecule has 0 aliphatic rings. The van der Waals surface area contributed by atoms with Crippen molar-refractivity contribution in [3.63, 3.8) is 0 Å². The van der Waals surface area contributed by atoms with Gasteiger partial charge in [0.25, 0.3) is 5.91 Å². The Morgan fingerprint density at radius 1 is 0.737 bits per heavy atom. The predicted octanol–water partition coefficient (Wildman–Crippen LogP) is 4.85. The fourth-order valence-electron chi connectivity index (χ4n) is 3.77. The molecule has 200 valence electrons. The van der Waals surface area contributed by atoms with Crippen LogP contribution in [-0.4, -0.2) is 38.1 Å². The number of carbonyl (C=O) groups excluding carboxylic acids is 3. The van der Waals surface area contributed by atoms with E-state index in [1.807, 2.05) is 60.7 Å². The molecule has 8 heteroatoms. The van der Waals surface area contributed by atoms with Gasteiger partial charge in [-0.05, 0) is 36.1 Å². The third-order valence-corrected chi connectivity index (χ3v) is 5.83. The highest BCUT2D eigenvalue weighted by Crippen LogP contribution is 2.33. The van der Waals surface area contributed by atoms with Crippen molar-refractivity contribution < 1.29 is 33.3 Å². The third kappa shape index (κ3) is 8.65. The number of nitrogens with one attached hydrogen (secondary N) is 1. The molecule has 0 radical (unpaired) electrons. The quantitative estimate of drug-likeness (QED) is 0.240. The van der Waals surface area contributed by atoms with Gasteiger partial charge in [0.05, 0.1) is 19.8 Å². The number of unbranched alkanes of at least 4 members (excludes halogenated alkanes) is 1. The lowest BCUT2D eigenvalue weighted by Gasteiger charge is -2.19. The second-order valence-electron chi connectivity index (χ2n) is 8.55. The molecule has 0 aliphatic carbocycles. The summed E-state index contributed by atoms with van der Waals surface area (Å²) < 4.78 is 21.7.